The Morgan fingerprint density at radius 1 is 1.24 bits per heavy atom. The Morgan fingerprint density at radius 2 is 2.08 bits per heavy atom. The molecule has 2 heterocycles. The van der Waals surface area contributed by atoms with Gasteiger partial charge in [-0.2, -0.15) is 4.39 Å². The van der Waals surface area contributed by atoms with E-state index in [1.54, 1.807) is 23.0 Å². The maximum absolute atomic E-state index is 14.0. The van der Waals surface area contributed by atoms with Gasteiger partial charge in [0.15, 0.2) is 11.6 Å². The monoisotopic (exact) mass is 361 g/mol. The van der Waals surface area contributed by atoms with Gasteiger partial charge in [0.2, 0.25) is 11.7 Å². The molecule has 0 bridgehead atoms. The number of nitrogens with one attached hydrogen (secondary N) is 1. The lowest BCUT2D eigenvalue weighted by Gasteiger charge is -2.11. The number of rotatable bonds is 5. The van der Waals surface area contributed by atoms with Crippen molar-refractivity contribution in [2.75, 3.05) is 0 Å². The Hall–Kier alpha value is -2.87. The molecule has 3 aromatic rings. The van der Waals surface area contributed by atoms with Gasteiger partial charge in [0.05, 0.1) is 5.51 Å². The molecule has 0 unspecified atom stereocenters. The van der Waals surface area contributed by atoms with E-state index in [0.29, 0.717) is 11.3 Å². The average molecular weight is 361 g/mol. The number of ether oxygens (including phenoxy) is 1. The van der Waals surface area contributed by atoms with E-state index in [4.69, 9.17) is 4.74 Å². The van der Waals surface area contributed by atoms with Crippen LogP contribution in [0.15, 0.2) is 41.4 Å². The Balaban J connectivity index is 1.77. The number of amides is 1. The van der Waals surface area contributed by atoms with Crippen LogP contribution in [0.1, 0.15) is 21.6 Å². The van der Waals surface area contributed by atoms with Crippen LogP contribution >= 0.6 is 11.3 Å². The molecule has 5 nitrogen and oxygen atoms in total. The SMILES string of the molecule is Cc1ccc(Oc2ncccc2CNC(=O)c2cscn2)c(F)c1F. The van der Waals surface area contributed by atoms with E-state index in [1.807, 2.05) is 0 Å². The summed E-state index contributed by atoms with van der Waals surface area (Å²) < 4.78 is 33.1. The van der Waals surface area contributed by atoms with Gasteiger partial charge >= 0.3 is 0 Å². The smallest absolute Gasteiger partial charge is 0.271 e. The van der Waals surface area contributed by atoms with Crippen LogP contribution in [0.25, 0.3) is 0 Å². The van der Waals surface area contributed by atoms with E-state index in [2.05, 4.69) is 15.3 Å². The number of hydrogen-bond donors (Lipinski definition) is 1. The first-order valence-corrected chi connectivity index (χ1v) is 8.23. The van der Waals surface area contributed by atoms with Crippen molar-refractivity contribution in [3.05, 3.63) is 69.8 Å². The molecule has 0 aliphatic heterocycles. The molecule has 0 aliphatic rings. The quantitative estimate of drug-likeness (QED) is 0.750. The molecule has 0 aliphatic carbocycles. The summed E-state index contributed by atoms with van der Waals surface area (Å²) in [5.74, 6) is -2.57. The lowest BCUT2D eigenvalue weighted by Crippen LogP contribution is -2.23. The zero-order valence-corrected chi connectivity index (χ0v) is 13.9. The largest absolute Gasteiger partial charge is 0.435 e. The highest BCUT2D eigenvalue weighted by atomic mass is 32.1. The Bertz CT molecular complexity index is 901. The van der Waals surface area contributed by atoms with E-state index in [1.165, 1.54) is 36.6 Å². The molecule has 25 heavy (non-hydrogen) atoms. The fourth-order valence-electron chi connectivity index (χ4n) is 2.05. The van der Waals surface area contributed by atoms with Crippen molar-refractivity contribution in [1.82, 2.24) is 15.3 Å². The molecule has 128 valence electrons. The molecule has 0 fully saturated rings. The van der Waals surface area contributed by atoms with Crippen molar-refractivity contribution in [2.24, 2.45) is 0 Å². The molecular weight excluding hydrogens is 348 g/mol. The van der Waals surface area contributed by atoms with E-state index in [9.17, 15) is 13.6 Å². The normalized spacial score (nSPS) is 10.5. The Morgan fingerprint density at radius 3 is 2.84 bits per heavy atom. The molecule has 1 aromatic carbocycles. The minimum absolute atomic E-state index is 0.0863. The lowest BCUT2D eigenvalue weighted by molar-refractivity contribution is 0.0946. The molecule has 1 amide bonds. The van der Waals surface area contributed by atoms with E-state index < -0.39 is 11.6 Å². The highest BCUT2D eigenvalue weighted by molar-refractivity contribution is 7.07. The highest BCUT2D eigenvalue weighted by Gasteiger charge is 2.16. The van der Waals surface area contributed by atoms with Gasteiger partial charge in [-0.25, -0.2) is 14.4 Å². The van der Waals surface area contributed by atoms with Crippen molar-refractivity contribution in [3.8, 4) is 11.6 Å². The van der Waals surface area contributed by atoms with Crippen molar-refractivity contribution in [1.29, 1.82) is 0 Å². The summed E-state index contributed by atoms with van der Waals surface area (Å²) in [6.07, 6.45) is 1.46. The first kappa shape index (κ1) is 17.0. The van der Waals surface area contributed by atoms with Crippen LogP contribution in [0, 0.1) is 18.6 Å². The number of aryl methyl sites for hydroxylation is 1. The predicted octanol–water partition coefficient (Wildman–Crippen LogP) is 3.85. The number of carbonyl (C=O) groups is 1. The number of halogens is 2. The third-order valence-electron chi connectivity index (χ3n) is 3.40. The van der Waals surface area contributed by atoms with Gasteiger partial charge in [-0.05, 0) is 24.6 Å². The van der Waals surface area contributed by atoms with Gasteiger partial charge in [-0.15, -0.1) is 11.3 Å². The fourth-order valence-corrected chi connectivity index (χ4v) is 2.58. The molecule has 0 saturated heterocycles. The summed E-state index contributed by atoms with van der Waals surface area (Å²) in [5, 5.41) is 4.31. The summed E-state index contributed by atoms with van der Waals surface area (Å²) in [4.78, 5) is 19.9. The summed E-state index contributed by atoms with van der Waals surface area (Å²) in [7, 11) is 0. The summed E-state index contributed by atoms with van der Waals surface area (Å²) >= 11 is 1.31. The number of aromatic nitrogens is 2. The van der Waals surface area contributed by atoms with Gasteiger partial charge in [0, 0.05) is 23.7 Å². The zero-order chi connectivity index (χ0) is 17.8. The Kier molecular flexibility index (Phi) is 4.99. The van der Waals surface area contributed by atoms with Gasteiger partial charge in [0.25, 0.3) is 5.91 Å². The minimum atomic E-state index is -1.08. The van der Waals surface area contributed by atoms with Crippen LogP contribution in [0.3, 0.4) is 0 Å². The minimum Gasteiger partial charge on any atom is -0.435 e. The third-order valence-corrected chi connectivity index (χ3v) is 3.99. The molecule has 1 N–H and O–H groups in total. The van der Waals surface area contributed by atoms with Crippen molar-refractivity contribution in [2.45, 2.75) is 13.5 Å². The number of carbonyl (C=O) groups excluding carboxylic acids is 1. The first-order valence-electron chi connectivity index (χ1n) is 7.29. The van der Waals surface area contributed by atoms with E-state index >= 15 is 0 Å². The highest BCUT2D eigenvalue weighted by Crippen LogP contribution is 2.28. The Labute approximate surface area is 146 Å². The van der Waals surface area contributed by atoms with Gasteiger partial charge in [-0.3, -0.25) is 4.79 Å². The molecule has 0 spiro atoms. The van der Waals surface area contributed by atoms with Crippen LogP contribution in [0.2, 0.25) is 0 Å². The van der Waals surface area contributed by atoms with Crippen LogP contribution in [0.5, 0.6) is 11.6 Å². The molecule has 0 saturated carbocycles. The standard InChI is InChI=1S/C17H13F2N3O2S/c1-10-4-5-13(15(19)14(10)18)24-17-11(3-2-6-20-17)7-21-16(23)12-8-25-9-22-12/h2-6,8-9H,7H2,1H3,(H,21,23). The molecule has 3 rings (SSSR count). The van der Waals surface area contributed by atoms with Crippen LogP contribution in [-0.4, -0.2) is 15.9 Å². The van der Waals surface area contributed by atoms with Crippen LogP contribution in [-0.2, 0) is 6.54 Å². The van der Waals surface area contributed by atoms with Crippen molar-refractivity contribution in [3.63, 3.8) is 0 Å². The summed E-state index contributed by atoms with van der Waals surface area (Å²) in [6, 6.07) is 6.08. The van der Waals surface area contributed by atoms with Gasteiger partial charge < -0.3 is 10.1 Å². The third kappa shape index (κ3) is 3.80. The number of nitrogens with zero attached hydrogens (tertiary/aromatic N) is 2. The lowest BCUT2D eigenvalue weighted by atomic mass is 10.2. The molecule has 2 aromatic heterocycles. The second-order valence-corrected chi connectivity index (χ2v) is 5.85. The average Bonchev–Trinajstić information content (AvgIpc) is 3.16. The molecular formula is C17H13F2N3O2S. The number of thiazole rings is 1. The zero-order valence-electron chi connectivity index (χ0n) is 13.1. The maximum atomic E-state index is 14.0. The predicted molar refractivity (Wildman–Crippen MR) is 88.7 cm³/mol. The number of benzene rings is 1. The molecule has 0 atom stereocenters. The second-order valence-electron chi connectivity index (χ2n) is 5.13. The maximum Gasteiger partial charge on any atom is 0.271 e. The van der Waals surface area contributed by atoms with Crippen molar-refractivity contribution < 1.29 is 18.3 Å². The second kappa shape index (κ2) is 7.35. The van der Waals surface area contributed by atoms with E-state index in [0.717, 1.165) is 0 Å². The summed E-state index contributed by atoms with van der Waals surface area (Å²) in [5.41, 5.74) is 2.57. The first-order chi connectivity index (χ1) is 12.1. The van der Waals surface area contributed by atoms with Crippen LogP contribution in [0.4, 0.5) is 8.78 Å². The molecule has 0 radical (unpaired) electrons. The van der Waals surface area contributed by atoms with Crippen LogP contribution < -0.4 is 10.1 Å². The number of hydrogen-bond acceptors (Lipinski definition) is 5. The fraction of sp³-hybridized carbons (Fsp3) is 0.118. The van der Waals surface area contributed by atoms with Gasteiger partial charge in [0.1, 0.15) is 5.69 Å². The topological polar surface area (TPSA) is 64.1 Å². The van der Waals surface area contributed by atoms with Gasteiger partial charge in [-0.1, -0.05) is 12.1 Å². The van der Waals surface area contributed by atoms with Crippen molar-refractivity contribution >= 4 is 17.2 Å². The number of pyridine rings is 1. The summed E-state index contributed by atoms with van der Waals surface area (Å²) in [6.45, 7) is 1.57. The van der Waals surface area contributed by atoms with E-state index in [-0.39, 0.29) is 29.6 Å². The molecule has 8 heteroatoms.